The number of aliphatic imine (C=N–C) groups is 4. The molecule has 0 radical (unpaired) electrons. The number of hydrogen-bond donors (Lipinski definition) is 0. The second-order valence-electron chi connectivity index (χ2n) is 17.7. The minimum atomic E-state index is -0.119. The zero-order valence-electron chi connectivity index (χ0n) is 39.8. The van der Waals surface area contributed by atoms with Crippen LogP contribution < -0.4 is 0 Å². The van der Waals surface area contributed by atoms with E-state index in [1.54, 1.807) is 0 Å². The van der Waals surface area contributed by atoms with Crippen LogP contribution in [0.15, 0.2) is 245 Å². The molecule has 10 rings (SSSR count). The zero-order valence-corrected chi connectivity index (χ0v) is 39.8. The Labute approximate surface area is 411 Å². The van der Waals surface area contributed by atoms with Crippen molar-refractivity contribution >= 4 is 28.8 Å². The second-order valence-corrected chi connectivity index (χ2v) is 17.7. The molecular weight excluding hydrogens is 853 g/mol. The van der Waals surface area contributed by atoms with Gasteiger partial charge in [-0.15, -0.1) is 0 Å². The van der Waals surface area contributed by atoms with Gasteiger partial charge in [0.15, 0.2) is 11.7 Å². The highest BCUT2D eigenvalue weighted by molar-refractivity contribution is 6.16. The van der Waals surface area contributed by atoms with E-state index in [1.165, 1.54) is 0 Å². The summed E-state index contributed by atoms with van der Waals surface area (Å²) in [7, 11) is 0. The number of aromatic nitrogens is 2. The van der Waals surface area contributed by atoms with Gasteiger partial charge in [-0.3, -0.25) is 15.0 Å². The minimum absolute atomic E-state index is 0.0116. The molecule has 2 unspecified atom stereocenters. The van der Waals surface area contributed by atoms with Crippen LogP contribution in [0.1, 0.15) is 64.7 Å². The summed E-state index contributed by atoms with van der Waals surface area (Å²) in [5.74, 6) is 1.32. The summed E-state index contributed by atoms with van der Waals surface area (Å²) in [5.41, 5.74) is 19.0. The first-order valence-corrected chi connectivity index (χ1v) is 23.7. The van der Waals surface area contributed by atoms with Crippen LogP contribution in [0.4, 0.5) is 0 Å². The molecule has 0 aliphatic carbocycles. The highest BCUT2D eigenvalue weighted by Gasteiger charge is 2.30. The second kappa shape index (κ2) is 20.2. The van der Waals surface area contributed by atoms with Gasteiger partial charge in [0.1, 0.15) is 0 Å². The molecule has 0 fully saturated rings. The Hall–Kier alpha value is -8.74. The molecule has 0 bridgehead atoms. The van der Waals surface area contributed by atoms with Crippen molar-refractivity contribution in [3.63, 3.8) is 0 Å². The Morgan fingerprint density at radius 3 is 1.77 bits per heavy atom. The van der Waals surface area contributed by atoms with Gasteiger partial charge in [0.2, 0.25) is 0 Å². The van der Waals surface area contributed by atoms with E-state index in [0.29, 0.717) is 11.5 Å². The third-order valence-corrected chi connectivity index (χ3v) is 12.9. The van der Waals surface area contributed by atoms with Crippen molar-refractivity contribution < 1.29 is 0 Å². The average molecular weight is 905 g/mol. The molecule has 6 nitrogen and oxygen atoms in total. The zero-order chi connectivity index (χ0) is 48.0. The van der Waals surface area contributed by atoms with Crippen molar-refractivity contribution in [3.05, 3.63) is 270 Å². The molecule has 338 valence electrons. The minimum Gasteiger partial charge on any atom is -0.265 e. The third-order valence-electron chi connectivity index (χ3n) is 12.9. The Morgan fingerprint density at radius 2 is 1.07 bits per heavy atom. The predicted octanol–water partition coefficient (Wildman–Crippen LogP) is 15.3. The van der Waals surface area contributed by atoms with Gasteiger partial charge >= 0.3 is 0 Å². The van der Waals surface area contributed by atoms with Gasteiger partial charge in [-0.05, 0) is 112 Å². The van der Waals surface area contributed by atoms with Gasteiger partial charge < -0.3 is 0 Å². The van der Waals surface area contributed by atoms with E-state index in [9.17, 15) is 0 Å². The summed E-state index contributed by atoms with van der Waals surface area (Å²) in [6.45, 7) is 13.0. The molecule has 0 saturated heterocycles. The van der Waals surface area contributed by atoms with Crippen LogP contribution in [0.5, 0.6) is 0 Å². The molecule has 2 aromatic heterocycles. The van der Waals surface area contributed by atoms with Crippen LogP contribution in [0.3, 0.4) is 0 Å². The lowest BCUT2D eigenvalue weighted by molar-refractivity contribution is 0.592. The molecule has 3 heterocycles. The fourth-order valence-electron chi connectivity index (χ4n) is 9.42. The van der Waals surface area contributed by atoms with E-state index < -0.39 is 0 Å². The number of nitrogens with zero attached hydrogens (tertiary/aromatic N) is 6. The van der Waals surface area contributed by atoms with Crippen molar-refractivity contribution in [2.45, 2.75) is 33.7 Å². The maximum Gasteiger partial charge on any atom is 0.160 e. The normalized spacial score (nSPS) is 15.0. The quantitative estimate of drug-likeness (QED) is 0.0958. The first kappa shape index (κ1) is 45.1. The van der Waals surface area contributed by atoms with Crippen molar-refractivity contribution in [2.75, 3.05) is 0 Å². The Kier molecular flexibility index (Phi) is 13.0. The van der Waals surface area contributed by atoms with Crippen LogP contribution in [-0.4, -0.2) is 33.1 Å². The Bertz CT molecular complexity index is 3440. The van der Waals surface area contributed by atoms with Crippen molar-refractivity contribution in [1.29, 1.82) is 0 Å². The summed E-state index contributed by atoms with van der Waals surface area (Å²) in [6.07, 6.45) is 3.65. The van der Waals surface area contributed by atoms with E-state index in [2.05, 4.69) is 178 Å². The number of amidine groups is 2. The van der Waals surface area contributed by atoms with Crippen LogP contribution >= 0.6 is 0 Å². The monoisotopic (exact) mass is 904 g/mol. The topological polar surface area (TPSA) is 75.2 Å². The molecule has 2 atom stereocenters. The average Bonchev–Trinajstić information content (AvgIpc) is 3.41. The molecule has 7 aromatic carbocycles. The molecule has 70 heavy (non-hydrogen) atoms. The van der Waals surface area contributed by atoms with Crippen LogP contribution in [0, 0.1) is 19.8 Å². The Morgan fingerprint density at radius 1 is 0.500 bits per heavy atom. The number of aryl methyl sites for hydroxylation is 2. The van der Waals surface area contributed by atoms with Crippen molar-refractivity contribution in [3.8, 4) is 44.5 Å². The van der Waals surface area contributed by atoms with E-state index in [4.69, 9.17) is 25.0 Å². The summed E-state index contributed by atoms with van der Waals surface area (Å²) >= 11 is 0. The lowest BCUT2D eigenvalue weighted by Gasteiger charge is -2.28. The lowest BCUT2D eigenvalue weighted by atomic mass is 9.84. The summed E-state index contributed by atoms with van der Waals surface area (Å²) in [5, 5.41) is 0. The predicted molar refractivity (Wildman–Crippen MR) is 292 cm³/mol. The standard InChI is InChI=1S/C64H52N6/c1-42-39-55(40-43(2)66-42)58-30-18-29-57(60(58)59-28-16-15-27-56(59)46(5)68-63(52-23-13-8-14-24-52)67-45(4)47-19-9-6-10-20-47)49-31-33-51(34-32-49)62-44(3)61(50-21-11-7-12-22-50)69-64(70-62)54-26-17-25-53(41-54)48-35-37-65-38-36-48/h6-41,44,61H,5H2,1-4H3/b67-45+,68-63-. The molecule has 0 N–H and O–H groups in total. The van der Waals surface area contributed by atoms with Crippen LogP contribution in [0.25, 0.3) is 50.2 Å². The summed E-state index contributed by atoms with van der Waals surface area (Å²) < 4.78 is 0. The molecule has 6 heteroatoms. The molecule has 0 amide bonds. The fraction of sp³-hybridized carbons (Fsp3) is 0.0938. The highest BCUT2D eigenvalue weighted by atomic mass is 15.0. The van der Waals surface area contributed by atoms with Crippen molar-refractivity contribution in [1.82, 2.24) is 9.97 Å². The number of pyridine rings is 2. The number of rotatable bonds is 11. The van der Waals surface area contributed by atoms with Crippen LogP contribution in [-0.2, 0) is 0 Å². The molecule has 0 saturated carbocycles. The third kappa shape index (κ3) is 9.67. The van der Waals surface area contributed by atoms with Gasteiger partial charge in [0, 0.05) is 52.1 Å². The maximum absolute atomic E-state index is 5.38. The molecule has 0 spiro atoms. The van der Waals surface area contributed by atoms with E-state index >= 15 is 0 Å². The highest BCUT2D eigenvalue weighted by Crippen LogP contribution is 2.44. The Balaban J connectivity index is 1.09. The number of hydrogen-bond acceptors (Lipinski definition) is 5. The smallest absolute Gasteiger partial charge is 0.160 e. The summed E-state index contributed by atoms with van der Waals surface area (Å²) in [4.78, 5) is 30.1. The fourth-order valence-corrected chi connectivity index (χ4v) is 9.42. The number of benzene rings is 7. The molecule has 1 aliphatic rings. The first-order chi connectivity index (χ1) is 34.3. The van der Waals surface area contributed by atoms with E-state index in [-0.39, 0.29) is 12.0 Å². The molecular formula is C64H52N6. The van der Waals surface area contributed by atoms with E-state index in [0.717, 1.165) is 107 Å². The lowest BCUT2D eigenvalue weighted by Crippen LogP contribution is -2.26. The SMILES string of the molecule is C=C(/N=C(\N=C(/C)c1ccccc1)c1ccccc1)c1ccccc1-c1c(-c2ccc(C3=NC(c4cccc(-c5ccncc5)c4)=NC(c4ccccc4)C3C)cc2)cccc1-c1cc(C)nc(C)c1. The maximum atomic E-state index is 5.38. The van der Waals surface area contributed by atoms with E-state index in [1.807, 2.05) is 80.0 Å². The molecule has 9 aromatic rings. The van der Waals surface area contributed by atoms with Crippen LogP contribution in [0.2, 0.25) is 0 Å². The van der Waals surface area contributed by atoms with Gasteiger partial charge in [0.25, 0.3) is 0 Å². The van der Waals surface area contributed by atoms with Gasteiger partial charge in [-0.1, -0.05) is 189 Å². The van der Waals surface area contributed by atoms with Gasteiger partial charge in [-0.25, -0.2) is 15.0 Å². The largest absolute Gasteiger partial charge is 0.265 e. The van der Waals surface area contributed by atoms with Crippen molar-refractivity contribution in [2.24, 2.45) is 25.9 Å². The summed E-state index contributed by atoms with van der Waals surface area (Å²) in [6, 6.07) is 71.6. The van der Waals surface area contributed by atoms with Gasteiger partial charge in [0.05, 0.1) is 17.5 Å². The first-order valence-electron chi connectivity index (χ1n) is 23.7. The van der Waals surface area contributed by atoms with Gasteiger partial charge in [-0.2, -0.15) is 0 Å². The molecule has 1 aliphatic heterocycles.